The summed E-state index contributed by atoms with van der Waals surface area (Å²) in [6.07, 6.45) is 8.75. The van der Waals surface area contributed by atoms with E-state index in [1.807, 2.05) is 10.8 Å². The van der Waals surface area contributed by atoms with E-state index in [1.165, 1.54) is 12.3 Å². The van der Waals surface area contributed by atoms with Gasteiger partial charge in [0.1, 0.15) is 5.56 Å². The molecule has 0 radical (unpaired) electrons. The highest BCUT2D eigenvalue weighted by Crippen LogP contribution is 2.07. The number of hydrogen-bond acceptors (Lipinski definition) is 5. The van der Waals surface area contributed by atoms with Crippen LogP contribution in [-0.2, 0) is 13.1 Å². The summed E-state index contributed by atoms with van der Waals surface area (Å²) in [4.78, 5) is 33.4. The van der Waals surface area contributed by atoms with Crippen molar-refractivity contribution in [3.8, 4) is 5.88 Å². The number of imidazole rings is 1. The van der Waals surface area contributed by atoms with E-state index < -0.39 is 17.1 Å². The number of aryl methyl sites for hydroxylation is 1. The molecule has 0 aliphatic carbocycles. The first-order valence-electron chi connectivity index (χ1n) is 6.76. The molecule has 0 saturated heterocycles. The zero-order valence-corrected chi connectivity index (χ0v) is 12.0. The van der Waals surface area contributed by atoms with Crippen molar-refractivity contribution in [3.05, 3.63) is 57.8 Å². The summed E-state index contributed by atoms with van der Waals surface area (Å²) in [5.74, 6) is -0.410. The van der Waals surface area contributed by atoms with Gasteiger partial charge < -0.3 is 9.67 Å². The summed E-state index contributed by atoms with van der Waals surface area (Å²) in [5.41, 5.74) is -1.38. The molecular formula is C14H17N5O3. The molecule has 0 unspecified atom stereocenters. The summed E-state index contributed by atoms with van der Waals surface area (Å²) in [7, 11) is 0. The fourth-order valence-electron chi connectivity index (χ4n) is 1.91. The maximum atomic E-state index is 11.7. The second-order valence-corrected chi connectivity index (χ2v) is 4.59. The number of nitrogens with zero attached hydrogens (tertiary/aromatic N) is 4. The smallest absolute Gasteiger partial charge is 0.331 e. The van der Waals surface area contributed by atoms with E-state index in [4.69, 9.17) is 0 Å². The van der Waals surface area contributed by atoms with Crippen LogP contribution in [0.5, 0.6) is 5.88 Å². The molecule has 116 valence electrons. The van der Waals surface area contributed by atoms with Crippen molar-refractivity contribution in [1.29, 1.82) is 0 Å². The largest absolute Gasteiger partial charge is 0.494 e. The Bertz CT molecular complexity index is 771. The zero-order chi connectivity index (χ0) is 15.9. The van der Waals surface area contributed by atoms with Crippen LogP contribution in [0.2, 0.25) is 0 Å². The van der Waals surface area contributed by atoms with Crippen LogP contribution in [0.25, 0.3) is 0 Å². The van der Waals surface area contributed by atoms with Gasteiger partial charge in [0, 0.05) is 38.2 Å². The Morgan fingerprint density at radius 1 is 1.45 bits per heavy atom. The van der Waals surface area contributed by atoms with Gasteiger partial charge in [0.05, 0.1) is 6.33 Å². The summed E-state index contributed by atoms with van der Waals surface area (Å²) in [5, 5.41) is 9.98. The molecule has 0 aliphatic heterocycles. The molecule has 22 heavy (non-hydrogen) atoms. The molecule has 2 N–H and O–H groups in total. The monoisotopic (exact) mass is 303 g/mol. The minimum absolute atomic E-state index is 0.0379. The number of aromatic nitrogens is 4. The van der Waals surface area contributed by atoms with Crippen molar-refractivity contribution in [1.82, 2.24) is 19.1 Å². The molecule has 0 atom stereocenters. The average molecular weight is 303 g/mol. The second-order valence-electron chi connectivity index (χ2n) is 4.59. The van der Waals surface area contributed by atoms with E-state index >= 15 is 0 Å². The number of nitrogens with one attached hydrogen (secondary N) is 1. The standard InChI is InChI=1S/C14H17N5O3/c1-2-6-19-13(21)11(12(20)17-14(19)22)9-15-4-3-7-18-8-5-16-10-18/h2,5,8-10,21H,1,3-4,6-7H2,(H,17,20,22). The van der Waals surface area contributed by atoms with Crippen molar-refractivity contribution in [2.24, 2.45) is 4.99 Å². The normalized spacial score (nSPS) is 11.1. The molecule has 0 bridgehead atoms. The van der Waals surface area contributed by atoms with Crippen molar-refractivity contribution in [2.45, 2.75) is 19.5 Å². The Hall–Kier alpha value is -2.90. The molecule has 8 heteroatoms. The number of allylic oxidation sites excluding steroid dienone is 1. The third kappa shape index (κ3) is 3.60. The van der Waals surface area contributed by atoms with E-state index in [9.17, 15) is 14.7 Å². The average Bonchev–Trinajstić information content (AvgIpc) is 2.99. The number of aliphatic imine (C=N–C) groups is 1. The second kappa shape index (κ2) is 7.21. The lowest BCUT2D eigenvalue weighted by atomic mass is 10.3. The quantitative estimate of drug-likeness (QED) is 0.431. The van der Waals surface area contributed by atoms with Gasteiger partial charge in [-0.1, -0.05) is 6.08 Å². The van der Waals surface area contributed by atoms with Crippen molar-refractivity contribution >= 4 is 6.21 Å². The molecule has 0 saturated carbocycles. The highest BCUT2D eigenvalue weighted by atomic mass is 16.3. The Morgan fingerprint density at radius 3 is 2.95 bits per heavy atom. The van der Waals surface area contributed by atoms with Gasteiger partial charge in [0.25, 0.3) is 5.56 Å². The lowest BCUT2D eigenvalue weighted by Crippen LogP contribution is -2.32. The molecule has 2 rings (SSSR count). The van der Waals surface area contributed by atoms with Gasteiger partial charge in [-0.3, -0.25) is 19.3 Å². The molecular weight excluding hydrogens is 286 g/mol. The lowest BCUT2D eigenvalue weighted by Gasteiger charge is -2.06. The number of H-pyrrole nitrogens is 1. The number of rotatable bonds is 7. The molecule has 0 aliphatic rings. The Balaban J connectivity index is 2.06. The van der Waals surface area contributed by atoms with Crippen LogP contribution in [0, 0.1) is 0 Å². The van der Waals surface area contributed by atoms with Crippen molar-refractivity contribution in [3.63, 3.8) is 0 Å². The highest BCUT2D eigenvalue weighted by Gasteiger charge is 2.11. The maximum Gasteiger partial charge on any atom is 0.331 e. The fraction of sp³-hybridized carbons (Fsp3) is 0.286. The van der Waals surface area contributed by atoms with E-state index in [-0.39, 0.29) is 12.1 Å². The van der Waals surface area contributed by atoms with Gasteiger partial charge in [-0.15, -0.1) is 6.58 Å². The topological polar surface area (TPSA) is 105 Å². The SMILES string of the molecule is C=CCn1c(O)c(C=NCCCn2ccnc2)c(=O)[nH]c1=O. The zero-order valence-electron chi connectivity index (χ0n) is 12.0. The maximum absolute atomic E-state index is 11.7. The van der Waals surface area contributed by atoms with Crippen LogP contribution >= 0.6 is 0 Å². The van der Waals surface area contributed by atoms with Gasteiger partial charge in [-0.2, -0.15) is 0 Å². The summed E-state index contributed by atoms with van der Waals surface area (Å²) < 4.78 is 2.94. The molecule has 2 aromatic heterocycles. The van der Waals surface area contributed by atoms with Gasteiger partial charge in [0.15, 0.2) is 0 Å². The molecule has 2 heterocycles. The first kappa shape index (κ1) is 15.5. The van der Waals surface area contributed by atoms with Crippen LogP contribution in [0.1, 0.15) is 12.0 Å². The molecule has 2 aromatic rings. The van der Waals surface area contributed by atoms with E-state index in [1.54, 1.807) is 12.5 Å². The highest BCUT2D eigenvalue weighted by molar-refractivity contribution is 5.81. The van der Waals surface area contributed by atoms with Gasteiger partial charge in [-0.05, 0) is 6.42 Å². The third-order valence-corrected chi connectivity index (χ3v) is 3.00. The van der Waals surface area contributed by atoms with Crippen molar-refractivity contribution in [2.75, 3.05) is 6.54 Å². The Morgan fingerprint density at radius 2 is 2.27 bits per heavy atom. The van der Waals surface area contributed by atoms with Crippen LogP contribution < -0.4 is 11.2 Å². The van der Waals surface area contributed by atoms with E-state index in [2.05, 4.69) is 21.5 Å². The van der Waals surface area contributed by atoms with Crippen LogP contribution in [0.15, 0.2) is 46.0 Å². The minimum atomic E-state index is -0.681. The number of hydrogen-bond donors (Lipinski definition) is 2. The van der Waals surface area contributed by atoms with Crippen molar-refractivity contribution < 1.29 is 5.11 Å². The first-order chi connectivity index (χ1) is 10.6. The Labute approximate surface area is 126 Å². The summed E-state index contributed by atoms with van der Waals surface area (Å²) >= 11 is 0. The minimum Gasteiger partial charge on any atom is -0.494 e. The van der Waals surface area contributed by atoms with Crippen LogP contribution in [0.4, 0.5) is 0 Å². The van der Waals surface area contributed by atoms with Crippen LogP contribution in [0.3, 0.4) is 0 Å². The van der Waals surface area contributed by atoms with Crippen LogP contribution in [-0.4, -0.2) is 37.0 Å². The fourth-order valence-corrected chi connectivity index (χ4v) is 1.91. The summed E-state index contributed by atoms with van der Waals surface area (Å²) in [6, 6.07) is 0. The number of aromatic hydroxyl groups is 1. The lowest BCUT2D eigenvalue weighted by molar-refractivity contribution is 0.410. The Kier molecular flexibility index (Phi) is 5.07. The third-order valence-electron chi connectivity index (χ3n) is 3.00. The van der Waals surface area contributed by atoms with Gasteiger partial charge in [0.2, 0.25) is 5.88 Å². The molecule has 8 nitrogen and oxygen atoms in total. The predicted molar refractivity (Wildman–Crippen MR) is 82.5 cm³/mol. The molecule has 0 amide bonds. The molecule has 0 spiro atoms. The molecule has 0 fully saturated rings. The van der Waals surface area contributed by atoms with Gasteiger partial charge >= 0.3 is 5.69 Å². The summed E-state index contributed by atoms with van der Waals surface area (Å²) in [6.45, 7) is 4.84. The number of aromatic amines is 1. The van der Waals surface area contributed by atoms with Gasteiger partial charge in [-0.25, -0.2) is 9.78 Å². The van der Waals surface area contributed by atoms with E-state index in [0.29, 0.717) is 6.54 Å². The first-order valence-corrected chi connectivity index (χ1v) is 6.76. The van der Waals surface area contributed by atoms with E-state index in [0.717, 1.165) is 17.5 Å². The molecule has 0 aromatic carbocycles. The predicted octanol–water partition coefficient (Wildman–Crippen LogP) is 0.134.